The molecule has 8 nitrogen and oxygen atoms in total. The number of nitrogens with zero attached hydrogens (tertiary/aromatic N) is 4. The van der Waals surface area contributed by atoms with Crippen molar-refractivity contribution in [3.63, 3.8) is 0 Å². The second kappa shape index (κ2) is 12.2. The van der Waals surface area contributed by atoms with Gasteiger partial charge in [-0.25, -0.2) is 13.4 Å². The first kappa shape index (κ1) is 30.1. The van der Waals surface area contributed by atoms with Gasteiger partial charge in [0.2, 0.25) is 0 Å². The smallest absolute Gasteiger partial charge is 0.264 e. The van der Waals surface area contributed by atoms with Crippen molar-refractivity contribution in [3.8, 4) is 22.3 Å². The third kappa shape index (κ3) is 5.80. The Bertz CT molecular complexity index is 2090. The summed E-state index contributed by atoms with van der Waals surface area (Å²) in [7, 11) is 3.60. The molecule has 9 heteroatoms. The summed E-state index contributed by atoms with van der Waals surface area (Å²) < 4.78 is 28.2. The number of hydrogen-bond donors (Lipinski definition) is 1. The largest absolute Gasteiger partial charge is 0.340 e. The van der Waals surface area contributed by atoms with Crippen molar-refractivity contribution in [3.05, 3.63) is 115 Å². The Labute approximate surface area is 263 Å². The topological polar surface area (TPSA) is 89.6 Å². The number of benzene rings is 4. The number of rotatable bonds is 9. The molecule has 0 unspecified atom stereocenters. The second-order valence-electron chi connectivity index (χ2n) is 11.4. The third-order valence-electron chi connectivity index (χ3n) is 8.10. The zero-order valence-corrected chi connectivity index (χ0v) is 26.5. The van der Waals surface area contributed by atoms with Crippen LogP contribution in [0.4, 0.5) is 5.69 Å². The molecular formula is C36H35N5O3S. The van der Waals surface area contributed by atoms with Crippen molar-refractivity contribution < 1.29 is 13.2 Å². The summed E-state index contributed by atoms with van der Waals surface area (Å²) in [5.41, 5.74) is 6.51. The molecule has 0 saturated heterocycles. The highest BCUT2D eigenvalue weighted by atomic mass is 32.2. The first-order chi connectivity index (χ1) is 21.6. The van der Waals surface area contributed by atoms with Crippen LogP contribution in [0.5, 0.6) is 0 Å². The van der Waals surface area contributed by atoms with Crippen LogP contribution in [-0.2, 0) is 10.0 Å². The SMILES string of the molecule is CN(C)CCN(C)C(=O)c1ccc(-c2cnc3[nH]c4ccc(N(C)S(=O)(=O)c5ccccc5)cc4c3c2-c2ccccc2)cc1. The molecule has 4 aromatic carbocycles. The number of aromatic nitrogens is 2. The summed E-state index contributed by atoms with van der Waals surface area (Å²) in [6.45, 7) is 1.42. The molecule has 228 valence electrons. The molecule has 45 heavy (non-hydrogen) atoms. The Morgan fingerprint density at radius 2 is 1.44 bits per heavy atom. The van der Waals surface area contributed by atoms with Crippen LogP contribution in [-0.4, -0.2) is 75.4 Å². The molecule has 6 rings (SSSR count). The van der Waals surface area contributed by atoms with E-state index in [4.69, 9.17) is 4.98 Å². The molecule has 0 saturated carbocycles. The molecule has 0 bridgehead atoms. The van der Waals surface area contributed by atoms with Crippen molar-refractivity contribution in [1.82, 2.24) is 19.8 Å². The van der Waals surface area contributed by atoms with E-state index < -0.39 is 10.0 Å². The van der Waals surface area contributed by atoms with Crippen molar-refractivity contribution in [2.45, 2.75) is 4.90 Å². The number of aromatic amines is 1. The molecule has 2 heterocycles. The number of amides is 1. The molecule has 1 N–H and O–H groups in total. The quantitative estimate of drug-likeness (QED) is 0.200. The van der Waals surface area contributed by atoms with Crippen LogP contribution in [0.15, 0.2) is 114 Å². The van der Waals surface area contributed by atoms with E-state index in [9.17, 15) is 13.2 Å². The molecule has 2 aromatic heterocycles. The number of likely N-dealkylation sites (N-methyl/N-ethyl adjacent to an activating group) is 2. The average Bonchev–Trinajstić information content (AvgIpc) is 3.45. The lowest BCUT2D eigenvalue weighted by atomic mass is 9.92. The van der Waals surface area contributed by atoms with Gasteiger partial charge in [0.1, 0.15) is 5.65 Å². The van der Waals surface area contributed by atoms with Gasteiger partial charge in [-0.1, -0.05) is 60.7 Å². The Kier molecular flexibility index (Phi) is 8.14. The highest BCUT2D eigenvalue weighted by Crippen LogP contribution is 2.41. The van der Waals surface area contributed by atoms with Gasteiger partial charge in [0.05, 0.1) is 10.6 Å². The Morgan fingerprint density at radius 1 is 0.778 bits per heavy atom. The van der Waals surface area contributed by atoms with E-state index in [2.05, 4.69) is 22.0 Å². The molecule has 6 aromatic rings. The fraction of sp³-hybridized carbons (Fsp3) is 0.167. The molecule has 0 spiro atoms. The van der Waals surface area contributed by atoms with E-state index in [0.29, 0.717) is 23.4 Å². The molecule has 0 fully saturated rings. The van der Waals surface area contributed by atoms with Crippen LogP contribution in [0.25, 0.3) is 44.2 Å². The van der Waals surface area contributed by atoms with Gasteiger partial charge in [-0.15, -0.1) is 0 Å². The van der Waals surface area contributed by atoms with E-state index in [1.807, 2.05) is 81.9 Å². The predicted octanol–water partition coefficient (Wildman–Crippen LogP) is 6.51. The zero-order valence-electron chi connectivity index (χ0n) is 25.7. The standard InChI is InChI=1S/C36H35N5O3S/c1-39(2)21-22-40(3)36(42)27-17-15-25(16-18-27)31-24-37-35-34(33(31)26-11-7-5-8-12-26)30-23-28(19-20-32(30)38-35)41(4)45(43,44)29-13-9-6-10-14-29/h5-20,23-24H,21-22H2,1-4H3,(H,37,38). The maximum Gasteiger partial charge on any atom is 0.264 e. The maximum absolute atomic E-state index is 13.5. The zero-order chi connectivity index (χ0) is 31.7. The highest BCUT2D eigenvalue weighted by molar-refractivity contribution is 7.92. The molecular weight excluding hydrogens is 582 g/mol. The van der Waals surface area contributed by atoms with Gasteiger partial charge in [-0.3, -0.25) is 9.10 Å². The van der Waals surface area contributed by atoms with Gasteiger partial charge >= 0.3 is 0 Å². The highest BCUT2D eigenvalue weighted by Gasteiger charge is 2.23. The molecule has 1 amide bonds. The second-order valence-corrected chi connectivity index (χ2v) is 13.4. The fourth-order valence-corrected chi connectivity index (χ4v) is 6.73. The minimum Gasteiger partial charge on any atom is -0.340 e. The summed E-state index contributed by atoms with van der Waals surface area (Å²) in [4.78, 5) is 25.3. The van der Waals surface area contributed by atoms with Gasteiger partial charge in [0.25, 0.3) is 15.9 Å². The number of pyridine rings is 1. The minimum atomic E-state index is -3.76. The van der Waals surface area contributed by atoms with Crippen LogP contribution in [0, 0.1) is 0 Å². The van der Waals surface area contributed by atoms with E-state index in [-0.39, 0.29) is 10.8 Å². The maximum atomic E-state index is 13.5. The van der Waals surface area contributed by atoms with Crippen LogP contribution < -0.4 is 4.31 Å². The minimum absolute atomic E-state index is 0.0287. The van der Waals surface area contributed by atoms with Gasteiger partial charge in [0.15, 0.2) is 0 Å². The van der Waals surface area contributed by atoms with Crippen molar-refractivity contribution >= 4 is 43.6 Å². The summed E-state index contributed by atoms with van der Waals surface area (Å²) in [6, 6.07) is 31.8. The number of fused-ring (bicyclic) bond motifs is 3. The monoisotopic (exact) mass is 617 g/mol. The van der Waals surface area contributed by atoms with E-state index in [1.54, 1.807) is 48.3 Å². The van der Waals surface area contributed by atoms with Gasteiger partial charge in [-0.2, -0.15) is 0 Å². The first-order valence-electron chi connectivity index (χ1n) is 14.7. The van der Waals surface area contributed by atoms with Crippen LogP contribution in [0.3, 0.4) is 0 Å². The van der Waals surface area contributed by atoms with Crippen LogP contribution >= 0.6 is 0 Å². The summed E-state index contributed by atoms with van der Waals surface area (Å²) in [5.74, 6) is -0.0287. The average molecular weight is 618 g/mol. The Balaban J connectivity index is 1.47. The number of nitrogens with one attached hydrogen (secondary N) is 1. The van der Waals surface area contributed by atoms with Gasteiger partial charge < -0.3 is 14.8 Å². The number of anilines is 1. The van der Waals surface area contributed by atoms with Crippen LogP contribution in [0.1, 0.15) is 10.4 Å². The summed E-state index contributed by atoms with van der Waals surface area (Å²) >= 11 is 0. The Hall–Kier alpha value is -4.99. The number of carbonyl (C=O) groups is 1. The first-order valence-corrected chi connectivity index (χ1v) is 16.1. The number of H-pyrrole nitrogens is 1. The predicted molar refractivity (Wildman–Crippen MR) is 182 cm³/mol. The summed E-state index contributed by atoms with van der Waals surface area (Å²) in [6.07, 6.45) is 1.85. The lowest BCUT2D eigenvalue weighted by Gasteiger charge is -2.20. The molecule has 0 aliphatic rings. The number of hydrogen-bond acceptors (Lipinski definition) is 5. The number of sulfonamides is 1. The van der Waals surface area contributed by atoms with Gasteiger partial charge in [-0.05, 0) is 67.7 Å². The van der Waals surface area contributed by atoms with E-state index >= 15 is 0 Å². The van der Waals surface area contributed by atoms with Crippen molar-refractivity contribution in [2.24, 2.45) is 0 Å². The Morgan fingerprint density at radius 3 is 2.11 bits per heavy atom. The van der Waals surface area contributed by atoms with E-state index in [1.165, 1.54) is 4.31 Å². The van der Waals surface area contributed by atoms with Crippen LogP contribution in [0.2, 0.25) is 0 Å². The molecule has 0 radical (unpaired) electrons. The van der Waals surface area contributed by atoms with E-state index in [0.717, 1.165) is 45.1 Å². The fourth-order valence-electron chi connectivity index (χ4n) is 5.52. The lowest BCUT2D eigenvalue weighted by molar-refractivity contribution is 0.0786. The third-order valence-corrected chi connectivity index (χ3v) is 9.90. The molecule has 0 aliphatic heterocycles. The lowest BCUT2D eigenvalue weighted by Crippen LogP contribution is -2.33. The van der Waals surface area contributed by atoms with Crippen molar-refractivity contribution in [2.75, 3.05) is 45.6 Å². The normalized spacial score (nSPS) is 11.8. The molecule has 0 atom stereocenters. The molecule has 0 aliphatic carbocycles. The number of carbonyl (C=O) groups excluding carboxylic acids is 1. The van der Waals surface area contributed by atoms with Crippen molar-refractivity contribution in [1.29, 1.82) is 0 Å². The van der Waals surface area contributed by atoms with Gasteiger partial charge in [0, 0.05) is 66.4 Å². The summed E-state index contributed by atoms with van der Waals surface area (Å²) in [5, 5.41) is 1.75.